The van der Waals surface area contributed by atoms with Gasteiger partial charge in [0, 0.05) is 5.56 Å². The average Bonchev–Trinajstić information content (AvgIpc) is 3.03. The average molecular weight is 401 g/mol. The van der Waals surface area contributed by atoms with Crippen LogP contribution in [0.3, 0.4) is 0 Å². The Bertz CT molecular complexity index is 940. The first kappa shape index (κ1) is 20.2. The molecule has 0 bridgehead atoms. The third kappa shape index (κ3) is 3.14. The van der Waals surface area contributed by atoms with E-state index in [9.17, 15) is 32.2 Å². The van der Waals surface area contributed by atoms with Gasteiger partial charge in [0.05, 0.1) is 0 Å². The number of aliphatic imine (C=N–C) groups is 1. The smallest absolute Gasteiger partial charge is 0.225 e. The predicted octanol–water partition coefficient (Wildman–Crippen LogP) is 3.50. The molecule has 2 aromatic carbocycles. The van der Waals surface area contributed by atoms with Crippen molar-refractivity contribution in [1.82, 2.24) is 0 Å². The van der Waals surface area contributed by atoms with E-state index in [0.717, 1.165) is 13.0 Å². The van der Waals surface area contributed by atoms with Crippen LogP contribution in [0.5, 0.6) is 0 Å². The minimum atomic E-state index is -1.92. The number of benzene rings is 2. The molecule has 0 amide bonds. The maximum atomic E-state index is 14.3. The normalized spacial score (nSPS) is 20.1. The predicted molar refractivity (Wildman–Crippen MR) is 89.3 cm³/mol. The van der Waals surface area contributed by atoms with Crippen LogP contribution in [0, 0.1) is 49.9 Å². The van der Waals surface area contributed by atoms with Gasteiger partial charge in [0.25, 0.3) is 0 Å². The Morgan fingerprint density at radius 3 is 2.18 bits per heavy atom. The lowest BCUT2D eigenvalue weighted by Gasteiger charge is -2.19. The van der Waals surface area contributed by atoms with Gasteiger partial charge in [-0.2, -0.15) is 0 Å². The molecule has 150 valence electrons. The summed E-state index contributed by atoms with van der Waals surface area (Å²) in [6.07, 6.45) is -3.43. The second-order valence-corrected chi connectivity index (χ2v) is 6.58. The van der Waals surface area contributed by atoms with Crippen LogP contribution in [-0.2, 0) is 4.74 Å². The van der Waals surface area contributed by atoms with Gasteiger partial charge in [-0.1, -0.05) is 6.07 Å². The molecule has 4 nitrogen and oxygen atoms in total. The largest absolute Gasteiger partial charge is 0.445 e. The van der Waals surface area contributed by atoms with Crippen molar-refractivity contribution in [3.8, 4) is 0 Å². The molecule has 28 heavy (non-hydrogen) atoms. The van der Waals surface area contributed by atoms with Gasteiger partial charge in [-0.3, -0.25) is 0 Å². The summed E-state index contributed by atoms with van der Waals surface area (Å²) in [7, 11) is 0. The van der Waals surface area contributed by atoms with E-state index in [4.69, 9.17) is 4.74 Å². The maximum absolute atomic E-state index is 14.3. The zero-order chi connectivity index (χ0) is 20.9. The lowest BCUT2D eigenvalue weighted by molar-refractivity contribution is -0.0567. The second kappa shape index (κ2) is 7.14. The Kier molecular flexibility index (Phi) is 5.16. The topological polar surface area (TPSA) is 62.1 Å². The van der Waals surface area contributed by atoms with E-state index in [1.54, 1.807) is 13.8 Å². The molecule has 2 N–H and O–H groups in total. The van der Waals surface area contributed by atoms with Gasteiger partial charge in [0.1, 0.15) is 29.3 Å². The highest BCUT2D eigenvalue weighted by Gasteiger charge is 2.39. The second-order valence-electron chi connectivity index (χ2n) is 6.58. The van der Waals surface area contributed by atoms with Crippen molar-refractivity contribution in [1.29, 1.82) is 0 Å². The molecule has 1 aliphatic heterocycles. The van der Waals surface area contributed by atoms with E-state index < -0.39 is 64.5 Å². The van der Waals surface area contributed by atoms with Gasteiger partial charge in [0.15, 0.2) is 17.5 Å². The molecule has 0 saturated heterocycles. The van der Waals surface area contributed by atoms with Gasteiger partial charge in [0.2, 0.25) is 12.2 Å². The fourth-order valence-electron chi connectivity index (χ4n) is 2.91. The standard InChI is InChI=1S/C19H16F5NO3/c1-6-4-9(5-10(20)7(6)2)17(26)16-19(27)28-18(25-16)11-12(21)8(3)13(22)15(24)14(11)23/h4-5,16-17,19,26-27H,1-3H3. The van der Waals surface area contributed by atoms with E-state index in [1.165, 1.54) is 6.07 Å². The van der Waals surface area contributed by atoms with Crippen molar-refractivity contribution in [3.63, 3.8) is 0 Å². The quantitative estimate of drug-likeness (QED) is 0.470. The van der Waals surface area contributed by atoms with Crippen molar-refractivity contribution in [3.05, 3.63) is 69.0 Å². The minimum Gasteiger partial charge on any atom is -0.445 e. The minimum absolute atomic E-state index is 0.0562. The van der Waals surface area contributed by atoms with Crippen LogP contribution in [-0.4, -0.2) is 28.4 Å². The van der Waals surface area contributed by atoms with Crippen LogP contribution in [0.1, 0.15) is 33.9 Å². The number of hydrogen-bond acceptors (Lipinski definition) is 4. The van der Waals surface area contributed by atoms with Gasteiger partial charge in [-0.15, -0.1) is 0 Å². The Morgan fingerprint density at radius 2 is 1.57 bits per heavy atom. The number of aliphatic hydroxyl groups is 2. The maximum Gasteiger partial charge on any atom is 0.225 e. The molecular formula is C19H16F5NO3. The molecule has 0 aromatic heterocycles. The summed E-state index contributed by atoms with van der Waals surface area (Å²) in [5.41, 5.74) is -0.947. The van der Waals surface area contributed by atoms with Gasteiger partial charge in [-0.25, -0.2) is 26.9 Å². The lowest BCUT2D eigenvalue weighted by Crippen LogP contribution is -2.28. The van der Waals surface area contributed by atoms with E-state index in [1.807, 2.05) is 0 Å². The Labute approximate surface area is 156 Å². The molecule has 0 spiro atoms. The van der Waals surface area contributed by atoms with Crippen LogP contribution in [0.2, 0.25) is 0 Å². The first-order valence-corrected chi connectivity index (χ1v) is 8.24. The summed E-state index contributed by atoms with van der Waals surface area (Å²) in [5.74, 6) is -8.37. The highest BCUT2D eigenvalue weighted by atomic mass is 19.2. The molecule has 2 aromatic rings. The van der Waals surface area contributed by atoms with Crippen LogP contribution in [0.15, 0.2) is 17.1 Å². The van der Waals surface area contributed by atoms with E-state index in [0.29, 0.717) is 11.1 Å². The fraction of sp³-hybridized carbons (Fsp3) is 0.316. The summed E-state index contributed by atoms with van der Waals surface area (Å²) >= 11 is 0. The number of halogens is 5. The van der Waals surface area contributed by atoms with Crippen molar-refractivity contribution in [2.45, 2.75) is 39.2 Å². The molecule has 1 heterocycles. The monoisotopic (exact) mass is 401 g/mol. The number of ether oxygens (including phenoxy) is 1. The molecule has 3 rings (SSSR count). The van der Waals surface area contributed by atoms with Crippen molar-refractivity contribution < 1.29 is 36.9 Å². The first-order chi connectivity index (χ1) is 13.0. The Morgan fingerprint density at radius 1 is 0.929 bits per heavy atom. The Hall–Kier alpha value is -2.52. The van der Waals surface area contributed by atoms with Gasteiger partial charge in [-0.05, 0) is 43.5 Å². The third-order valence-corrected chi connectivity index (χ3v) is 4.78. The zero-order valence-corrected chi connectivity index (χ0v) is 15.0. The summed E-state index contributed by atoms with van der Waals surface area (Å²) in [4.78, 5) is 3.73. The number of nitrogens with zero attached hydrogens (tertiary/aromatic N) is 1. The molecule has 0 aliphatic carbocycles. The van der Waals surface area contributed by atoms with Crippen LogP contribution >= 0.6 is 0 Å². The van der Waals surface area contributed by atoms with Crippen molar-refractivity contribution in [2.75, 3.05) is 0 Å². The summed E-state index contributed by atoms with van der Waals surface area (Å²) in [6.45, 7) is 4.05. The summed E-state index contributed by atoms with van der Waals surface area (Å²) in [5, 5.41) is 20.5. The highest BCUT2D eigenvalue weighted by Crippen LogP contribution is 2.32. The van der Waals surface area contributed by atoms with Crippen molar-refractivity contribution >= 4 is 5.90 Å². The number of rotatable bonds is 3. The molecule has 3 atom stereocenters. The Balaban J connectivity index is 2.04. The SMILES string of the molecule is Cc1cc(C(O)C2N=C(c3c(F)c(C)c(F)c(F)c3F)OC2O)cc(F)c1C. The van der Waals surface area contributed by atoms with Gasteiger partial charge < -0.3 is 14.9 Å². The van der Waals surface area contributed by atoms with Crippen molar-refractivity contribution in [2.24, 2.45) is 4.99 Å². The van der Waals surface area contributed by atoms with E-state index in [2.05, 4.69) is 4.99 Å². The first-order valence-electron chi connectivity index (χ1n) is 8.24. The number of aryl methyl sites for hydroxylation is 1. The number of aliphatic hydroxyl groups excluding tert-OH is 2. The lowest BCUT2D eigenvalue weighted by atomic mass is 9.98. The van der Waals surface area contributed by atoms with Crippen LogP contribution in [0.25, 0.3) is 0 Å². The van der Waals surface area contributed by atoms with Crippen LogP contribution in [0.4, 0.5) is 22.0 Å². The zero-order valence-electron chi connectivity index (χ0n) is 15.0. The van der Waals surface area contributed by atoms with Crippen LogP contribution < -0.4 is 0 Å². The fourth-order valence-corrected chi connectivity index (χ4v) is 2.91. The third-order valence-electron chi connectivity index (χ3n) is 4.78. The molecule has 3 unspecified atom stereocenters. The van der Waals surface area contributed by atoms with E-state index in [-0.39, 0.29) is 5.56 Å². The van der Waals surface area contributed by atoms with Gasteiger partial charge >= 0.3 is 0 Å². The molecule has 9 heteroatoms. The molecule has 0 fully saturated rings. The molecule has 1 aliphatic rings. The molecule has 0 radical (unpaired) electrons. The molecular weight excluding hydrogens is 385 g/mol. The summed E-state index contributed by atoms with van der Waals surface area (Å²) in [6, 6.07) is 1.03. The molecule has 0 saturated carbocycles. The highest BCUT2D eigenvalue weighted by molar-refractivity contribution is 5.96. The summed E-state index contributed by atoms with van der Waals surface area (Å²) < 4.78 is 74.3. The van der Waals surface area contributed by atoms with E-state index >= 15 is 0 Å². The number of hydrogen-bond donors (Lipinski definition) is 2.